The molecule has 8 heteroatoms. The van der Waals surface area contributed by atoms with Crippen molar-refractivity contribution in [2.75, 3.05) is 7.05 Å². The molecule has 0 bridgehead atoms. The van der Waals surface area contributed by atoms with Gasteiger partial charge in [-0.05, 0) is 67.5 Å². The predicted molar refractivity (Wildman–Crippen MR) is 150 cm³/mol. The summed E-state index contributed by atoms with van der Waals surface area (Å²) in [7, 11) is 1.92. The number of allylic oxidation sites excluding steroid dienone is 1. The third-order valence-electron chi connectivity index (χ3n) is 8.43. The van der Waals surface area contributed by atoms with E-state index >= 15 is 0 Å². The smallest absolute Gasteiger partial charge is 0.339 e. The highest BCUT2D eigenvalue weighted by molar-refractivity contribution is 5.89. The van der Waals surface area contributed by atoms with Crippen LogP contribution in [-0.2, 0) is 0 Å². The first-order valence-electron chi connectivity index (χ1n) is 14.1. The first-order chi connectivity index (χ1) is 19.0. The SMILES string of the molecule is C[C@@H](Oc1cccc(-c2cccc(-n3ncc(C(=O)O)c3[C@@H]3C[C@H]3C3=CN(C)NN3)c2)c1)C1CCCCCC1. The molecule has 204 valence electrons. The Kier molecular flexibility index (Phi) is 7.04. The molecule has 2 aromatic carbocycles. The molecule has 2 heterocycles. The van der Waals surface area contributed by atoms with E-state index in [0.29, 0.717) is 5.92 Å². The number of rotatable bonds is 8. The molecule has 39 heavy (non-hydrogen) atoms. The Morgan fingerprint density at radius 1 is 1.05 bits per heavy atom. The van der Waals surface area contributed by atoms with Gasteiger partial charge in [-0.2, -0.15) is 5.10 Å². The molecule has 0 saturated heterocycles. The van der Waals surface area contributed by atoms with E-state index in [2.05, 4.69) is 47.2 Å². The number of nitrogens with zero attached hydrogens (tertiary/aromatic N) is 3. The van der Waals surface area contributed by atoms with Crippen molar-refractivity contribution in [3.8, 4) is 22.6 Å². The molecule has 6 rings (SSSR count). The van der Waals surface area contributed by atoms with Gasteiger partial charge >= 0.3 is 5.97 Å². The summed E-state index contributed by atoms with van der Waals surface area (Å²) in [4.78, 5) is 12.1. The standard InChI is InChI=1S/C31H37N5O3/c1-20(21-9-5-3-4-6-10-21)39-25-14-8-12-23(16-25)22-11-7-13-24(15-22)36-30(28(18-32-36)31(37)38)27-17-26(27)29-19-35(2)34-33-29/h7-8,11-16,18-21,26-27,33-34H,3-6,9-10,17H2,1-2H3,(H,37,38)/t20-,26-,27-/m1/s1. The fraction of sp³-hybridized carbons (Fsp3) is 0.419. The molecule has 1 aliphatic heterocycles. The van der Waals surface area contributed by atoms with E-state index in [1.54, 1.807) is 4.68 Å². The first-order valence-corrected chi connectivity index (χ1v) is 14.1. The number of carboxylic acids is 1. The van der Waals surface area contributed by atoms with Crippen molar-refractivity contribution in [3.05, 3.63) is 77.9 Å². The van der Waals surface area contributed by atoms with Gasteiger partial charge in [-0.15, -0.1) is 5.53 Å². The van der Waals surface area contributed by atoms with Crippen LogP contribution in [0.1, 0.15) is 73.8 Å². The van der Waals surface area contributed by atoms with Gasteiger partial charge in [0.25, 0.3) is 0 Å². The maximum Gasteiger partial charge on any atom is 0.339 e. The fourth-order valence-corrected chi connectivity index (χ4v) is 6.20. The summed E-state index contributed by atoms with van der Waals surface area (Å²) in [6.07, 6.45) is 12.3. The Morgan fingerprint density at radius 3 is 2.51 bits per heavy atom. The van der Waals surface area contributed by atoms with Crippen LogP contribution in [0.4, 0.5) is 0 Å². The first kappa shape index (κ1) is 25.5. The van der Waals surface area contributed by atoms with Gasteiger partial charge in [0.1, 0.15) is 11.3 Å². The molecule has 3 atom stereocenters. The molecule has 8 nitrogen and oxygen atoms in total. The Labute approximate surface area is 229 Å². The normalized spacial score (nSPS) is 22.1. The van der Waals surface area contributed by atoms with Gasteiger partial charge in [-0.3, -0.25) is 5.01 Å². The van der Waals surface area contributed by atoms with Gasteiger partial charge in [-0.1, -0.05) is 49.9 Å². The van der Waals surface area contributed by atoms with E-state index in [9.17, 15) is 9.90 Å². The van der Waals surface area contributed by atoms with E-state index in [1.807, 2.05) is 42.5 Å². The Hall–Kier alpha value is -3.78. The average molecular weight is 528 g/mol. The van der Waals surface area contributed by atoms with Crippen molar-refractivity contribution in [1.82, 2.24) is 25.7 Å². The third kappa shape index (κ3) is 5.39. The summed E-state index contributed by atoms with van der Waals surface area (Å²) in [6.45, 7) is 2.21. The lowest BCUT2D eigenvalue weighted by Crippen LogP contribution is -2.33. The second kappa shape index (κ2) is 10.8. The maximum absolute atomic E-state index is 12.1. The summed E-state index contributed by atoms with van der Waals surface area (Å²) in [5.74, 6) is 0.854. The lowest BCUT2D eigenvalue weighted by molar-refractivity contribution is 0.0695. The molecule has 0 unspecified atom stereocenters. The molecule has 1 aromatic heterocycles. The molecular weight excluding hydrogens is 490 g/mol. The van der Waals surface area contributed by atoms with Crippen molar-refractivity contribution in [3.63, 3.8) is 0 Å². The van der Waals surface area contributed by atoms with E-state index in [1.165, 1.54) is 44.7 Å². The number of carboxylic acid groups (broad SMARTS) is 1. The minimum Gasteiger partial charge on any atom is -0.490 e. The molecule has 3 aliphatic rings. The van der Waals surface area contributed by atoms with Crippen molar-refractivity contribution in [2.45, 2.75) is 63.9 Å². The second-order valence-corrected chi connectivity index (χ2v) is 11.2. The number of nitrogens with one attached hydrogen (secondary N) is 2. The Balaban J connectivity index is 1.25. The molecule has 2 aliphatic carbocycles. The summed E-state index contributed by atoms with van der Waals surface area (Å²) in [5.41, 5.74) is 11.3. The molecule has 3 aromatic rings. The third-order valence-corrected chi connectivity index (χ3v) is 8.43. The zero-order valence-electron chi connectivity index (χ0n) is 22.6. The zero-order valence-corrected chi connectivity index (χ0v) is 22.6. The van der Waals surface area contributed by atoms with Crippen LogP contribution in [0.3, 0.4) is 0 Å². The molecule has 0 spiro atoms. The number of hydrogen-bond acceptors (Lipinski definition) is 6. The maximum atomic E-state index is 12.1. The average Bonchev–Trinajstić information content (AvgIpc) is 3.52. The van der Waals surface area contributed by atoms with Crippen molar-refractivity contribution in [1.29, 1.82) is 0 Å². The van der Waals surface area contributed by atoms with Crippen LogP contribution in [0.2, 0.25) is 0 Å². The zero-order chi connectivity index (χ0) is 26.9. The number of hydrazine groups is 2. The summed E-state index contributed by atoms with van der Waals surface area (Å²) in [5, 5.41) is 16.3. The minimum atomic E-state index is -0.950. The molecule has 0 radical (unpaired) electrons. The monoisotopic (exact) mass is 527 g/mol. The topological polar surface area (TPSA) is 91.7 Å². The van der Waals surface area contributed by atoms with Gasteiger partial charge < -0.3 is 15.3 Å². The van der Waals surface area contributed by atoms with Crippen LogP contribution in [0, 0.1) is 11.8 Å². The molecular formula is C31H37N5O3. The van der Waals surface area contributed by atoms with Gasteiger partial charge in [0.15, 0.2) is 0 Å². The summed E-state index contributed by atoms with van der Waals surface area (Å²) in [6, 6.07) is 16.4. The van der Waals surface area contributed by atoms with Crippen LogP contribution >= 0.6 is 0 Å². The number of hydrogen-bond donors (Lipinski definition) is 3. The molecule has 0 amide bonds. The van der Waals surface area contributed by atoms with Crippen LogP contribution in [0.5, 0.6) is 5.75 Å². The molecule has 2 saturated carbocycles. The number of aromatic carboxylic acids is 1. The lowest BCUT2D eigenvalue weighted by Gasteiger charge is -2.24. The Bertz CT molecular complexity index is 1370. The Morgan fingerprint density at radius 2 is 1.79 bits per heavy atom. The number of carbonyl (C=O) groups is 1. The molecule has 3 N–H and O–H groups in total. The van der Waals surface area contributed by atoms with E-state index < -0.39 is 5.97 Å². The van der Waals surface area contributed by atoms with Crippen LogP contribution < -0.4 is 15.7 Å². The van der Waals surface area contributed by atoms with E-state index in [4.69, 9.17) is 4.74 Å². The largest absolute Gasteiger partial charge is 0.490 e. The highest BCUT2D eigenvalue weighted by atomic mass is 16.5. The van der Waals surface area contributed by atoms with Gasteiger partial charge in [0, 0.05) is 30.8 Å². The highest BCUT2D eigenvalue weighted by Gasteiger charge is 2.46. The second-order valence-electron chi connectivity index (χ2n) is 11.2. The minimum absolute atomic E-state index is 0.0801. The van der Waals surface area contributed by atoms with Gasteiger partial charge in [0.05, 0.1) is 23.7 Å². The van der Waals surface area contributed by atoms with Crippen molar-refractivity contribution in [2.24, 2.45) is 11.8 Å². The number of benzene rings is 2. The van der Waals surface area contributed by atoms with Crippen LogP contribution in [0.15, 0.2) is 66.6 Å². The van der Waals surface area contributed by atoms with Crippen LogP contribution in [-0.4, -0.2) is 39.0 Å². The quantitative estimate of drug-likeness (QED) is 0.315. The fourth-order valence-electron chi connectivity index (χ4n) is 6.20. The van der Waals surface area contributed by atoms with E-state index in [-0.39, 0.29) is 23.5 Å². The lowest BCUT2D eigenvalue weighted by atomic mass is 9.95. The van der Waals surface area contributed by atoms with Crippen molar-refractivity contribution >= 4 is 5.97 Å². The van der Waals surface area contributed by atoms with Gasteiger partial charge in [0.2, 0.25) is 0 Å². The predicted octanol–water partition coefficient (Wildman–Crippen LogP) is 5.87. The molecule has 2 fully saturated rings. The van der Waals surface area contributed by atoms with Gasteiger partial charge in [-0.25, -0.2) is 9.48 Å². The number of ether oxygens (including phenoxy) is 1. The highest BCUT2D eigenvalue weighted by Crippen LogP contribution is 2.52. The summed E-state index contributed by atoms with van der Waals surface area (Å²) < 4.78 is 8.24. The number of aromatic nitrogens is 2. The van der Waals surface area contributed by atoms with E-state index in [0.717, 1.165) is 40.4 Å². The summed E-state index contributed by atoms with van der Waals surface area (Å²) >= 11 is 0. The van der Waals surface area contributed by atoms with Crippen molar-refractivity contribution < 1.29 is 14.6 Å². The van der Waals surface area contributed by atoms with Crippen LogP contribution in [0.25, 0.3) is 16.8 Å².